The molecule has 1 aliphatic rings. The van der Waals surface area contributed by atoms with Crippen molar-refractivity contribution < 1.29 is 8.42 Å². The summed E-state index contributed by atoms with van der Waals surface area (Å²) >= 11 is 0. The van der Waals surface area contributed by atoms with E-state index in [1.807, 2.05) is 48.5 Å². The Balaban J connectivity index is 2.90. The zero-order valence-corrected chi connectivity index (χ0v) is 17.4. The van der Waals surface area contributed by atoms with Crippen LogP contribution in [0.5, 0.6) is 0 Å². The Morgan fingerprint density at radius 3 is 1.84 bits per heavy atom. The van der Waals surface area contributed by atoms with Gasteiger partial charge in [0.1, 0.15) is 0 Å². The third kappa shape index (κ3) is 1.77. The molecule has 1 aliphatic heterocycles. The number of hydrogen-bond acceptors (Lipinski definition) is 3. The van der Waals surface area contributed by atoms with Crippen LogP contribution in [-0.4, -0.2) is 17.6 Å². The molecule has 0 saturated heterocycles. The first-order chi connectivity index (χ1) is 11.2. The lowest BCUT2D eigenvalue weighted by molar-refractivity contribution is 0.377. The van der Waals surface area contributed by atoms with Crippen molar-refractivity contribution in [1.82, 2.24) is 4.40 Å². The van der Waals surface area contributed by atoms with Gasteiger partial charge in [-0.25, -0.2) is 8.42 Å². The maximum atomic E-state index is 13.6. The van der Waals surface area contributed by atoms with Gasteiger partial charge in [0.05, 0.1) is 15.2 Å². The molecule has 0 N–H and O–H groups in total. The molecule has 2 aromatic rings. The minimum atomic E-state index is -3.61. The van der Waals surface area contributed by atoms with Crippen molar-refractivity contribution in [2.45, 2.75) is 77.4 Å². The first-order valence-electron chi connectivity index (χ1n) is 8.62. The number of pyridine rings is 2. The highest BCUT2D eigenvalue weighted by atomic mass is 32.2. The Bertz CT molecular complexity index is 1120. The van der Waals surface area contributed by atoms with Crippen LogP contribution in [0.1, 0.15) is 61.2 Å². The van der Waals surface area contributed by atoms with Crippen LogP contribution in [0.2, 0.25) is 0 Å². The van der Waals surface area contributed by atoms with Crippen LogP contribution in [0.25, 0.3) is 5.52 Å². The first-order valence-corrected chi connectivity index (χ1v) is 10.1. The van der Waals surface area contributed by atoms with Crippen molar-refractivity contribution in [2.24, 2.45) is 0 Å². The lowest BCUT2D eigenvalue weighted by Crippen LogP contribution is -2.53. The second kappa shape index (κ2) is 4.76. The SMILES string of the molecule is Cc1c(C)c(=O)n2c(C)c(C)c(C)c3c2c1C(C)(C)C(C)(C)S3(=O)=O. The smallest absolute Gasteiger partial charge is 0.258 e. The Labute approximate surface area is 149 Å². The van der Waals surface area contributed by atoms with Crippen molar-refractivity contribution in [3.05, 3.63) is 43.9 Å². The minimum absolute atomic E-state index is 0.121. The van der Waals surface area contributed by atoms with Gasteiger partial charge in [-0.15, -0.1) is 0 Å². The molecule has 4 nitrogen and oxygen atoms in total. The molecular formula is C20H27NO3S. The quantitative estimate of drug-likeness (QED) is 0.719. The average Bonchev–Trinajstić information content (AvgIpc) is 2.48. The van der Waals surface area contributed by atoms with Crippen molar-refractivity contribution in [1.29, 1.82) is 0 Å². The Hall–Kier alpha value is -1.62. The summed E-state index contributed by atoms with van der Waals surface area (Å²) in [5.41, 5.74) is 4.84. The summed E-state index contributed by atoms with van der Waals surface area (Å²) in [5.74, 6) is 0. The van der Waals surface area contributed by atoms with Crippen LogP contribution in [-0.2, 0) is 15.3 Å². The molecule has 0 radical (unpaired) electrons. The fourth-order valence-corrected chi connectivity index (χ4v) is 6.50. The fourth-order valence-electron chi connectivity index (χ4n) is 4.21. The summed E-state index contributed by atoms with van der Waals surface area (Å²) in [4.78, 5) is 13.4. The van der Waals surface area contributed by atoms with Gasteiger partial charge in [-0.2, -0.15) is 0 Å². The molecule has 3 rings (SSSR count). The topological polar surface area (TPSA) is 55.6 Å². The lowest BCUT2D eigenvalue weighted by atomic mass is 9.71. The fraction of sp³-hybridized carbons (Fsp3) is 0.550. The Kier molecular flexibility index (Phi) is 3.46. The van der Waals surface area contributed by atoms with Gasteiger partial charge in [0.15, 0.2) is 9.84 Å². The predicted molar refractivity (Wildman–Crippen MR) is 102 cm³/mol. The monoisotopic (exact) mass is 361 g/mol. The molecule has 136 valence electrons. The van der Waals surface area contributed by atoms with Crippen LogP contribution in [0.15, 0.2) is 9.69 Å². The van der Waals surface area contributed by atoms with Crippen molar-refractivity contribution in [3.63, 3.8) is 0 Å². The molecular weight excluding hydrogens is 334 g/mol. The van der Waals surface area contributed by atoms with E-state index in [0.29, 0.717) is 16.0 Å². The second-order valence-corrected chi connectivity index (χ2v) is 10.9. The third-order valence-corrected chi connectivity index (χ3v) is 9.88. The highest BCUT2D eigenvalue weighted by Gasteiger charge is 2.55. The van der Waals surface area contributed by atoms with Crippen molar-refractivity contribution in [2.75, 3.05) is 0 Å². The Morgan fingerprint density at radius 2 is 1.32 bits per heavy atom. The van der Waals surface area contributed by atoms with E-state index in [4.69, 9.17) is 0 Å². The van der Waals surface area contributed by atoms with Crippen LogP contribution in [0.3, 0.4) is 0 Å². The standard InChI is InChI=1S/C20H27NO3S/c1-10-12(3)17-16-15(19(6,7)20(8,9)25(17,23)24)11(2)13(4)18(22)21(16)14(10)5/h1-9H3. The van der Waals surface area contributed by atoms with Crippen LogP contribution in [0, 0.1) is 34.6 Å². The van der Waals surface area contributed by atoms with Crippen LogP contribution >= 0.6 is 0 Å². The lowest BCUT2D eigenvalue weighted by Gasteiger charge is -2.47. The molecule has 0 bridgehead atoms. The van der Waals surface area contributed by atoms with Gasteiger partial charge in [-0.1, -0.05) is 13.8 Å². The predicted octanol–water partition coefficient (Wildman–Crippen LogP) is 3.69. The van der Waals surface area contributed by atoms with E-state index in [1.165, 1.54) is 0 Å². The molecule has 2 aromatic heterocycles. The molecule has 0 amide bonds. The van der Waals surface area contributed by atoms with Gasteiger partial charge in [-0.05, 0) is 70.7 Å². The Morgan fingerprint density at radius 1 is 0.800 bits per heavy atom. The summed E-state index contributed by atoms with van der Waals surface area (Å²) in [5, 5.41) is 0. The van der Waals surface area contributed by atoms with Gasteiger partial charge in [0, 0.05) is 16.7 Å². The molecule has 0 spiro atoms. The van der Waals surface area contributed by atoms with Crippen LogP contribution in [0.4, 0.5) is 0 Å². The first kappa shape index (κ1) is 18.2. The number of hydrogen-bond donors (Lipinski definition) is 0. The molecule has 25 heavy (non-hydrogen) atoms. The van der Waals surface area contributed by atoms with E-state index in [0.717, 1.165) is 27.9 Å². The van der Waals surface area contributed by atoms with E-state index < -0.39 is 20.0 Å². The van der Waals surface area contributed by atoms with E-state index >= 15 is 0 Å². The third-order valence-electron chi connectivity index (χ3n) is 6.99. The van der Waals surface area contributed by atoms with E-state index in [-0.39, 0.29) is 5.56 Å². The molecule has 0 aromatic carbocycles. The molecule has 0 atom stereocenters. The summed E-state index contributed by atoms with van der Waals surface area (Å²) in [6.45, 7) is 17.0. The minimum Gasteiger partial charge on any atom is -0.279 e. The van der Waals surface area contributed by atoms with Crippen molar-refractivity contribution in [3.8, 4) is 0 Å². The van der Waals surface area contributed by atoms with E-state index in [9.17, 15) is 13.2 Å². The van der Waals surface area contributed by atoms with Gasteiger partial charge in [-0.3, -0.25) is 9.20 Å². The molecule has 0 aliphatic carbocycles. The van der Waals surface area contributed by atoms with E-state index in [2.05, 4.69) is 0 Å². The summed E-state index contributed by atoms with van der Waals surface area (Å²) in [7, 11) is -3.61. The zero-order valence-electron chi connectivity index (χ0n) is 16.6. The van der Waals surface area contributed by atoms with E-state index in [1.54, 1.807) is 18.2 Å². The maximum Gasteiger partial charge on any atom is 0.258 e. The molecule has 0 unspecified atom stereocenters. The number of sulfone groups is 1. The van der Waals surface area contributed by atoms with Gasteiger partial charge >= 0.3 is 0 Å². The maximum absolute atomic E-state index is 13.6. The average molecular weight is 362 g/mol. The molecule has 3 heterocycles. The van der Waals surface area contributed by atoms with Crippen molar-refractivity contribution >= 4 is 15.4 Å². The molecule has 0 fully saturated rings. The number of aromatic nitrogens is 1. The highest BCUT2D eigenvalue weighted by molar-refractivity contribution is 7.93. The largest absolute Gasteiger partial charge is 0.279 e. The summed E-state index contributed by atoms with van der Waals surface area (Å²) in [6.07, 6.45) is 0. The van der Waals surface area contributed by atoms with Gasteiger partial charge < -0.3 is 0 Å². The van der Waals surface area contributed by atoms with Gasteiger partial charge in [0.25, 0.3) is 5.56 Å². The van der Waals surface area contributed by atoms with Crippen LogP contribution < -0.4 is 5.56 Å². The second-order valence-electron chi connectivity index (χ2n) is 8.42. The number of rotatable bonds is 0. The molecule has 0 saturated carbocycles. The van der Waals surface area contributed by atoms with Gasteiger partial charge in [0.2, 0.25) is 0 Å². The number of aryl methyl sites for hydroxylation is 1. The normalized spacial score (nSPS) is 20.0. The highest BCUT2D eigenvalue weighted by Crippen LogP contribution is 2.52. The summed E-state index contributed by atoms with van der Waals surface area (Å²) in [6, 6.07) is 0. The number of nitrogens with zero attached hydrogens (tertiary/aromatic N) is 1. The summed E-state index contributed by atoms with van der Waals surface area (Å²) < 4.78 is 27.9. The zero-order chi connectivity index (χ0) is 19.3. The molecule has 5 heteroatoms.